The molecule has 88 valence electrons. The molecule has 0 aliphatic heterocycles. The molecule has 3 N–H and O–H groups in total. The summed E-state index contributed by atoms with van der Waals surface area (Å²) in [7, 11) is -2.32. The van der Waals surface area contributed by atoms with Crippen molar-refractivity contribution in [3.63, 3.8) is 0 Å². The van der Waals surface area contributed by atoms with Gasteiger partial charge in [0.15, 0.2) is 0 Å². The van der Waals surface area contributed by atoms with Crippen LogP contribution < -0.4 is 10.5 Å². The highest BCUT2D eigenvalue weighted by Gasteiger charge is 2.16. The van der Waals surface area contributed by atoms with Crippen LogP contribution in [0.1, 0.15) is 21.5 Å². The Kier molecular flexibility index (Phi) is 3.35. The first-order valence-electron chi connectivity index (χ1n) is 4.63. The quantitative estimate of drug-likeness (QED) is 0.782. The lowest BCUT2D eigenvalue weighted by molar-refractivity contribution is 0.0963. The SMILES string of the molecule is CNC(=O)c1cc(C)c(C)c(S(N)(=O)=O)c1. The summed E-state index contributed by atoms with van der Waals surface area (Å²) in [6.45, 7) is 3.39. The van der Waals surface area contributed by atoms with E-state index in [9.17, 15) is 13.2 Å². The van der Waals surface area contributed by atoms with Crippen molar-refractivity contribution < 1.29 is 13.2 Å². The predicted molar refractivity (Wildman–Crippen MR) is 60.7 cm³/mol. The monoisotopic (exact) mass is 242 g/mol. The summed E-state index contributed by atoms with van der Waals surface area (Å²) >= 11 is 0. The first-order chi connectivity index (χ1) is 7.27. The molecule has 16 heavy (non-hydrogen) atoms. The summed E-state index contributed by atoms with van der Waals surface area (Å²) in [4.78, 5) is 11.4. The standard InChI is InChI=1S/C10H14N2O3S/c1-6-4-8(10(13)12-3)5-9(7(6)2)16(11,14)15/h4-5H,1-3H3,(H,12,13)(H2,11,14,15). The Hall–Kier alpha value is -1.40. The maximum absolute atomic E-state index is 11.4. The molecule has 0 radical (unpaired) electrons. The van der Waals surface area contributed by atoms with E-state index in [2.05, 4.69) is 5.32 Å². The van der Waals surface area contributed by atoms with E-state index in [-0.39, 0.29) is 16.4 Å². The summed E-state index contributed by atoms with van der Waals surface area (Å²) in [6, 6.07) is 2.92. The van der Waals surface area contributed by atoms with Crippen LogP contribution in [0.3, 0.4) is 0 Å². The molecule has 0 heterocycles. The minimum Gasteiger partial charge on any atom is -0.355 e. The molecule has 5 nitrogen and oxygen atoms in total. The van der Waals surface area contributed by atoms with Gasteiger partial charge in [0.2, 0.25) is 10.0 Å². The Morgan fingerprint density at radius 1 is 1.31 bits per heavy atom. The lowest BCUT2D eigenvalue weighted by Gasteiger charge is -2.09. The van der Waals surface area contributed by atoms with E-state index in [4.69, 9.17) is 5.14 Å². The third kappa shape index (κ3) is 2.40. The summed E-state index contributed by atoms with van der Waals surface area (Å²) in [5, 5.41) is 7.51. The maximum Gasteiger partial charge on any atom is 0.251 e. The van der Waals surface area contributed by atoms with Crippen molar-refractivity contribution in [2.45, 2.75) is 18.7 Å². The number of nitrogens with two attached hydrogens (primary N) is 1. The van der Waals surface area contributed by atoms with Crippen LogP contribution in [0.5, 0.6) is 0 Å². The average molecular weight is 242 g/mol. The number of benzene rings is 1. The third-order valence-electron chi connectivity index (χ3n) is 2.42. The van der Waals surface area contributed by atoms with Crippen molar-refractivity contribution in [3.05, 3.63) is 28.8 Å². The van der Waals surface area contributed by atoms with Crippen molar-refractivity contribution in [1.82, 2.24) is 5.32 Å². The lowest BCUT2D eigenvalue weighted by atomic mass is 10.1. The molecule has 6 heteroatoms. The van der Waals surface area contributed by atoms with Crippen LogP contribution in [0.2, 0.25) is 0 Å². The third-order valence-corrected chi connectivity index (χ3v) is 3.45. The smallest absolute Gasteiger partial charge is 0.251 e. The fraction of sp³-hybridized carbons (Fsp3) is 0.300. The highest BCUT2D eigenvalue weighted by Crippen LogP contribution is 2.19. The van der Waals surface area contributed by atoms with Gasteiger partial charge in [-0.1, -0.05) is 0 Å². The average Bonchev–Trinajstić information content (AvgIpc) is 2.18. The van der Waals surface area contributed by atoms with Crippen LogP contribution in [0.4, 0.5) is 0 Å². The first kappa shape index (κ1) is 12.7. The van der Waals surface area contributed by atoms with Gasteiger partial charge >= 0.3 is 0 Å². The number of amides is 1. The summed E-state index contributed by atoms with van der Waals surface area (Å²) in [6.07, 6.45) is 0. The molecule has 1 aromatic rings. The second-order valence-corrected chi connectivity index (χ2v) is 5.07. The van der Waals surface area contributed by atoms with Gasteiger partial charge in [-0.15, -0.1) is 0 Å². The van der Waals surface area contributed by atoms with E-state index < -0.39 is 10.0 Å². The molecular formula is C10H14N2O3S. The van der Waals surface area contributed by atoms with Gasteiger partial charge in [-0.25, -0.2) is 13.6 Å². The molecule has 0 saturated carbocycles. The summed E-state index contributed by atoms with van der Waals surface area (Å²) in [5.74, 6) is -0.340. The molecule has 0 unspecified atom stereocenters. The molecule has 0 aliphatic carbocycles. The zero-order valence-electron chi connectivity index (χ0n) is 9.37. The van der Waals surface area contributed by atoms with Gasteiger partial charge in [0.25, 0.3) is 5.91 Å². The number of carbonyl (C=O) groups is 1. The maximum atomic E-state index is 11.4. The number of hydrogen-bond acceptors (Lipinski definition) is 3. The van der Waals surface area contributed by atoms with Crippen molar-refractivity contribution in [2.24, 2.45) is 5.14 Å². The fourth-order valence-electron chi connectivity index (χ4n) is 1.40. The number of nitrogens with one attached hydrogen (secondary N) is 1. The molecule has 0 atom stereocenters. The number of sulfonamides is 1. The highest BCUT2D eigenvalue weighted by molar-refractivity contribution is 7.89. The minimum atomic E-state index is -3.80. The largest absolute Gasteiger partial charge is 0.355 e. The zero-order chi connectivity index (χ0) is 12.5. The predicted octanol–water partition coefficient (Wildman–Crippen LogP) is 0.310. The van der Waals surface area contributed by atoms with Crippen molar-refractivity contribution in [3.8, 4) is 0 Å². The first-order valence-corrected chi connectivity index (χ1v) is 6.18. The topological polar surface area (TPSA) is 89.3 Å². The molecule has 0 aromatic heterocycles. The lowest BCUT2D eigenvalue weighted by Crippen LogP contribution is -2.20. The Morgan fingerprint density at radius 3 is 2.31 bits per heavy atom. The van der Waals surface area contributed by atoms with Crippen LogP contribution in [0, 0.1) is 13.8 Å². The van der Waals surface area contributed by atoms with Crippen molar-refractivity contribution in [1.29, 1.82) is 0 Å². The highest BCUT2D eigenvalue weighted by atomic mass is 32.2. The minimum absolute atomic E-state index is 0.00824. The number of carbonyl (C=O) groups excluding carboxylic acids is 1. The van der Waals surface area contributed by atoms with Gasteiger partial charge in [0.1, 0.15) is 0 Å². The van der Waals surface area contributed by atoms with E-state index in [1.165, 1.54) is 13.1 Å². The van der Waals surface area contributed by atoms with E-state index in [0.717, 1.165) is 0 Å². The van der Waals surface area contributed by atoms with Crippen LogP contribution >= 0.6 is 0 Å². The second kappa shape index (κ2) is 4.23. The fourth-order valence-corrected chi connectivity index (χ4v) is 2.28. The number of rotatable bonds is 2. The van der Waals surface area contributed by atoms with Crippen LogP contribution in [-0.4, -0.2) is 21.4 Å². The second-order valence-electron chi connectivity index (χ2n) is 3.54. The zero-order valence-corrected chi connectivity index (χ0v) is 10.2. The molecule has 0 fully saturated rings. The van der Waals surface area contributed by atoms with Crippen LogP contribution in [0.25, 0.3) is 0 Å². The Labute approximate surface area is 94.7 Å². The number of aryl methyl sites for hydroxylation is 1. The molecule has 1 amide bonds. The van der Waals surface area contributed by atoms with E-state index in [1.54, 1.807) is 19.9 Å². The van der Waals surface area contributed by atoms with Crippen LogP contribution in [0.15, 0.2) is 17.0 Å². The van der Waals surface area contributed by atoms with Crippen molar-refractivity contribution in [2.75, 3.05) is 7.05 Å². The van der Waals surface area contributed by atoms with E-state index >= 15 is 0 Å². The van der Waals surface area contributed by atoms with Gasteiger partial charge in [0.05, 0.1) is 4.90 Å². The Bertz CT molecular complexity index is 535. The molecule has 0 spiro atoms. The van der Waals surface area contributed by atoms with Gasteiger partial charge in [0, 0.05) is 12.6 Å². The van der Waals surface area contributed by atoms with Gasteiger partial charge in [-0.3, -0.25) is 4.79 Å². The molecule has 0 aliphatic rings. The van der Waals surface area contributed by atoms with Gasteiger partial charge < -0.3 is 5.32 Å². The summed E-state index contributed by atoms with van der Waals surface area (Å²) < 4.78 is 22.6. The van der Waals surface area contributed by atoms with Gasteiger partial charge in [-0.05, 0) is 37.1 Å². The van der Waals surface area contributed by atoms with Crippen LogP contribution in [-0.2, 0) is 10.0 Å². The Morgan fingerprint density at radius 2 is 1.88 bits per heavy atom. The number of primary sulfonamides is 1. The van der Waals surface area contributed by atoms with E-state index in [1.807, 2.05) is 0 Å². The van der Waals surface area contributed by atoms with E-state index in [0.29, 0.717) is 11.1 Å². The normalized spacial score (nSPS) is 11.2. The molecule has 0 bridgehead atoms. The Balaban J connectivity index is 3.52. The number of hydrogen-bond donors (Lipinski definition) is 2. The van der Waals surface area contributed by atoms with Gasteiger partial charge in [-0.2, -0.15) is 0 Å². The molecule has 1 rings (SSSR count). The summed E-state index contributed by atoms with van der Waals surface area (Å²) in [5.41, 5.74) is 1.56. The molecular weight excluding hydrogens is 228 g/mol. The molecule has 1 aromatic carbocycles. The van der Waals surface area contributed by atoms with Crippen molar-refractivity contribution >= 4 is 15.9 Å². The molecule has 0 saturated heterocycles.